The summed E-state index contributed by atoms with van der Waals surface area (Å²) in [7, 11) is 0. The summed E-state index contributed by atoms with van der Waals surface area (Å²) in [6, 6.07) is 14.5. The average Bonchev–Trinajstić information content (AvgIpc) is 2.69. The van der Waals surface area contributed by atoms with Gasteiger partial charge in [0, 0.05) is 37.5 Å². The second-order valence-corrected chi connectivity index (χ2v) is 6.25. The van der Waals surface area contributed by atoms with Gasteiger partial charge in [0.05, 0.1) is 11.0 Å². The van der Waals surface area contributed by atoms with Gasteiger partial charge in [0.1, 0.15) is 6.04 Å². The molecule has 1 aliphatic heterocycles. The van der Waals surface area contributed by atoms with Crippen molar-refractivity contribution in [1.82, 2.24) is 20.2 Å². The van der Waals surface area contributed by atoms with Crippen LogP contribution in [0.5, 0.6) is 0 Å². The molecule has 2 amide bonds. The summed E-state index contributed by atoms with van der Waals surface area (Å²) in [6.45, 7) is 0.948. The largest absolute Gasteiger partial charge is 0.353 e. The van der Waals surface area contributed by atoms with Crippen LogP contribution in [0.1, 0.15) is 15.9 Å². The van der Waals surface area contributed by atoms with Crippen molar-refractivity contribution in [2.45, 2.75) is 12.5 Å². The van der Waals surface area contributed by atoms with E-state index < -0.39 is 6.04 Å². The Kier molecular flexibility index (Phi) is 4.31. The first kappa shape index (κ1) is 16.2. The van der Waals surface area contributed by atoms with Crippen molar-refractivity contribution in [1.29, 1.82) is 0 Å². The molecule has 4 rings (SSSR count). The van der Waals surface area contributed by atoms with Crippen LogP contribution >= 0.6 is 0 Å². The first-order valence-corrected chi connectivity index (χ1v) is 8.56. The van der Waals surface area contributed by atoms with Gasteiger partial charge in [-0.1, -0.05) is 30.3 Å². The zero-order valence-corrected chi connectivity index (χ0v) is 14.1. The smallest absolute Gasteiger partial charge is 0.254 e. The summed E-state index contributed by atoms with van der Waals surface area (Å²) in [4.78, 5) is 35.7. The van der Waals surface area contributed by atoms with Crippen LogP contribution < -0.4 is 5.32 Å². The predicted molar refractivity (Wildman–Crippen MR) is 97.5 cm³/mol. The Hall–Kier alpha value is -3.28. The predicted octanol–water partition coefficient (Wildman–Crippen LogP) is 1.81. The van der Waals surface area contributed by atoms with Crippen molar-refractivity contribution < 1.29 is 9.59 Å². The molecule has 0 saturated carbocycles. The summed E-state index contributed by atoms with van der Waals surface area (Å²) >= 11 is 0. The van der Waals surface area contributed by atoms with Crippen LogP contribution in [0.25, 0.3) is 11.0 Å². The first-order chi connectivity index (χ1) is 12.7. The number of amides is 2. The molecule has 0 unspecified atom stereocenters. The van der Waals surface area contributed by atoms with Crippen molar-refractivity contribution in [3.63, 3.8) is 0 Å². The number of carbonyl (C=O) groups is 2. The highest BCUT2D eigenvalue weighted by molar-refractivity contribution is 6.00. The van der Waals surface area contributed by atoms with E-state index in [9.17, 15) is 9.59 Å². The Labute approximate surface area is 150 Å². The zero-order chi connectivity index (χ0) is 17.9. The van der Waals surface area contributed by atoms with Crippen molar-refractivity contribution in [2.75, 3.05) is 13.1 Å². The van der Waals surface area contributed by atoms with E-state index in [0.29, 0.717) is 30.6 Å². The molecule has 1 atom stereocenters. The molecule has 0 bridgehead atoms. The van der Waals surface area contributed by atoms with Crippen LogP contribution in [0.3, 0.4) is 0 Å². The van der Waals surface area contributed by atoms with Crippen LogP contribution in [0, 0.1) is 0 Å². The van der Waals surface area contributed by atoms with Crippen LogP contribution in [0.2, 0.25) is 0 Å². The number of hydrogen-bond donors (Lipinski definition) is 1. The molecule has 1 aromatic heterocycles. The summed E-state index contributed by atoms with van der Waals surface area (Å²) in [6.07, 6.45) is 3.71. The molecular weight excluding hydrogens is 328 g/mol. The van der Waals surface area contributed by atoms with Gasteiger partial charge in [-0.15, -0.1) is 0 Å². The number of benzene rings is 2. The Bertz CT molecular complexity index is 958. The SMILES string of the molecule is O=C1NCCN(C(=O)c2ccc3nccnc3c2)[C@H]1Cc1ccccc1. The third-order valence-corrected chi connectivity index (χ3v) is 4.58. The maximum Gasteiger partial charge on any atom is 0.254 e. The molecule has 1 aliphatic rings. The molecule has 26 heavy (non-hydrogen) atoms. The summed E-state index contributed by atoms with van der Waals surface area (Å²) in [5, 5.41) is 2.86. The van der Waals surface area contributed by atoms with Crippen LogP contribution in [0.4, 0.5) is 0 Å². The minimum atomic E-state index is -0.517. The van der Waals surface area contributed by atoms with Gasteiger partial charge in [0.15, 0.2) is 0 Å². The summed E-state index contributed by atoms with van der Waals surface area (Å²) in [5.41, 5.74) is 2.95. The van der Waals surface area contributed by atoms with E-state index in [1.165, 1.54) is 0 Å². The fraction of sp³-hybridized carbons (Fsp3) is 0.200. The standard InChI is InChI=1S/C20H18N4O2/c25-19-18(12-14-4-2-1-3-5-14)24(11-10-23-19)20(26)15-6-7-16-17(13-15)22-9-8-21-16/h1-9,13,18H,10-12H2,(H,23,25)/t18-/m0/s1. The zero-order valence-electron chi connectivity index (χ0n) is 14.1. The average molecular weight is 346 g/mol. The van der Waals surface area contributed by atoms with Crippen molar-refractivity contribution in [3.05, 3.63) is 72.1 Å². The Morgan fingerprint density at radius 1 is 1.08 bits per heavy atom. The monoisotopic (exact) mass is 346 g/mol. The van der Waals surface area contributed by atoms with E-state index in [2.05, 4.69) is 15.3 Å². The molecule has 1 N–H and O–H groups in total. The second kappa shape index (κ2) is 6.92. The lowest BCUT2D eigenvalue weighted by molar-refractivity contribution is -0.127. The van der Waals surface area contributed by atoms with Crippen LogP contribution in [-0.2, 0) is 11.2 Å². The van der Waals surface area contributed by atoms with E-state index in [1.807, 2.05) is 30.3 Å². The molecular formula is C20H18N4O2. The molecule has 2 heterocycles. The van der Waals surface area contributed by atoms with Gasteiger partial charge < -0.3 is 10.2 Å². The van der Waals surface area contributed by atoms with Gasteiger partial charge >= 0.3 is 0 Å². The van der Waals surface area contributed by atoms with Gasteiger partial charge in [-0.05, 0) is 23.8 Å². The fourth-order valence-corrected chi connectivity index (χ4v) is 3.26. The number of rotatable bonds is 3. The van der Waals surface area contributed by atoms with Gasteiger partial charge in [-0.3, -0.25) is 19.6 Å². The van der Waals surface area contributed by atoms with Crippen molar-refractivity contribution in [3.8, 4) is 0 Å². The lowest BCUT2D eigenvalue weighted by atomic mass is 10.0. The highest BCUT2D eigenvalue weighted by Crippen LogP contribution is 2.18. The van der Waals surface area contributed by atoms with Gasteiger partial charge in [-0.25, -0.2) is 0 Å². The van der Waals surface area contributed by atoms with E-state index in [4.69, 9.17) is 0 Å². The first-order valence-electron chi connectivity index (χ1n) is 8.56. The highest BCUT2D eigenvalue weighted by Gasteiger charge is 2.33. The van der Waals surface area contributed by atoms with Gasteiger partial charge in [-0.2, -0.15) is 0 Å². The maximum absolute atomic E-state index is 13.1. The number of fused-ring (bicyclic) bond motifs is 1. The third-order valence-electron chi connectivity index (χ3n) is 4.58. The van der Waals surface area contributed by atoms with E-state index in [1.54, 1.807) is 35.5 Å². The molecule has 0 aliphatic carbocycles. The van der Waals surface area contributed by atoms with Crippen molar-refractivity contribution >= 4 is 22.8 Å². The van der Waals surface area contributed by atoms with Crippen LogP contribution in [0.15, 0.2) is 60.9 Å². The van der Waals surface area contributed by atoms with E-state index >= 15 is 0 Å². The molecule has 2 aromatic carbocycles. The molecule has 0 radical (unpaired) electrons. The van der Waals surface area contributed by atoms with Gasteiger partial charge in [0.2, 0.25) is 5.91 Å². The molecule has 3 aromatic rings. The molecule has 1 fully saturated rings. The quantitative estimate of drug-likeness (QED) is 0.785. The third kappa shape index (κ3) is 3.13. The normalized spacial score (nSPS) is 17.2. The number of nitrogens with one attached hydrogen (secondary N) is 1. The summed E-state index contributed by atoms with van der Waals surface area (Å²) < 4.78 is 0. The van der Waals surface area contributed by atoms with E-state index in [-0.39, 0.29) is 11.8 Å². The second-order valence-electron chi connectivity index (χ2n) is 6.25. The molecule has 130 valence electrons. The Morgan fingerprint density at radius 2 is 1.85 bits per heavy atom. The Balaban J connectivity index is 1.63. The topological polar surface area (TPSA) is 75.2 Å². The lowest BCUT2D eigenvalue weighted by Crippen LogP contribution is -2.58. The number of aromatic nitrogens is 2. The minimum absolute atomic E-state index is 0.117. The molecule has 0 spiro atoms. The van der Waals surface area contributed by atoms with Crippen LogP contribution in [-0.4, -0.2) is 45.8 Å². The number of carbonyl (C=O) groups excluding carboxylic acids is 2. The Morgan fingerprint density at radius 3 is 2.65 bits per heavy atom. The van der Waals surface area contributed by atoms with Gasteiger partial charge in [0.25, 0.3) is 5.91 Å². The van der Waals surface area contributed by atoms with Crippen molar-refractivity contribution in [2.24, 2.45) is 0 Å². The fourth-order valence-electron chi connectivity index (χ4n) is 3.26. The number of piperazine rings is 1. The maximum atomic E-state index is 13.1. The molecule has 1 saturated heterocycles. The highest BCUT2D eigenvalue weighted by atomic mass is 16.2. The molecule has 6 nitrogen and oxygen atoms in total. The number of hydrogen-bond acceptors (Lipinski definition) is 4. The number of nitrogens with zero attached hydrogens (tertiary/aromatic N) is 3. The minimum Gasteiger partial charge on any atom is -0.353 e. The molecule has 6 heteroatoms. The summed E-state index contributed by atoms with van der Waals surface area (Å²) in [5.74, 6) is -0.276. The lowest BCUT2D eigenvalue weighted by Gasteiger charge is -2.35. The van der Waals surface area contributed by atoms with E-state index in [0.717, 1.165) is 11.1 Å².